The van der Waals surface area contributed by atoms with Gasteiger partial charge in [-0.05, 0) is 49.8 Å². The molecule has 1 N–H and O–H groups in total. The number of nitrogens with one attached hydrogen (secondary N) is 1. The molecule has 6 nitrogen and oxygen atoms in total. The lowest BCUT2D eigenvalue weighted by molar-refractivity contribution is -0.134. The van der Waals surface area contributed by atoms with E-state index in [1.165, 1.54) is 26.2 Å². The number of halogens is 1. The number of hydrogen-bond acceptors (Lipinski definition) is 3. The van der Waals surface area contributed by atoms with Crippen molar-refractivity contribution in [1.29, 1.82) is 0 Å². The summed E-state index contributed by atoms with van der Waals surface area (Å²) in [4.78, 5) is 14.5. The average Bonchev–Trinajstić information content (AvgIpc) is 2.61. The molecular weight excluding hydrogens is 357 g/mol. The summed E-state index contributed by atoms with van der Waals surface area (Å²) in [5.74, 6) is -0.203. The third-order valence-corrected chi connectivity index (χ3v) is 6.26. The maximum atomic E-state index is 13.0. The second-order valence-corrected chi connectivity index (χ2v) is 8.80. The fourth-order valence-corrected chi connectivity index (χ4v) is 3.79. The minimum absolute atomic E-state index is 0.0642. The molecular formula is C18H28FN3O3S. The van der Waals surface area contributed by atoms with Gasteiger partial charge in [0.15, 0.2) is 0 Å². The van der Waals surface area contributed by atoms with Crippen molar-refractivity contribution in [2.45, 2.75) is 44.6 Å². The molecule has 1 aliphatic heterocycles. The van der Waals surface area contributed by atoms with E-state index in [2.05, 4.69) is 4.72 Å². The molecule has 1 aromatic rings. The number of aryl methyl sites for hydroxylation is 1. The number of benzene rings is 1. The molecule has 0 unspecified atom stereocenters. The van der Waals surface area contributed by atoms with Crippen LogP contribution in [0.3, 0.4) is 0 Å². The minimum atomic E-state index is -3.44. The summed E-state index contributed by atoms with van der Waals surface area (Å²) >= 11 is 0. The van der Waals surface area contributed by atoms with Crippen LogP contribution in [0.1, 0.15) is 37.7 Å². The van der Waals surface area contributed by atoms with Gasteiger partial charge in [0.25, 0.3) is 10.2 Å². The van der Waals surface area contributed by atoms with E-state index < -0.39 is 10.2 Å². The highest BCUT2D eigenvalue weighted by Crippen LogP contribution is 2.21. The summed E-state index contributed by atoms with van der Waals surface area (Å²) in [5.41, 5.74) is 0.937. The summed E-state index contributed by atoms with van der Waals surface area (Å²) < 4.78 is 40.2. The van der Waals surface area contributed by atoms with Gasteiger partial charge in [-0.1, -0.05) is 12.1 Å². The summed E-state index contributed by atoms with van der Waals surface area (Å²) in [6.07, 6.45) is 4.48. The number of amides is 1. The third-order valence-electron chi connectivity index (χ3n) is 4.73. The molecule has 0 aromatic heterocycles. The second-order valence-electron chi connectivity index (χ2n) is 6.83. The molecule has 0 radical (unpaired) electrons. The Bertz CT molecular complexity index is 692. The molecule has 1 atom stereocenters. The molecule has 0 aliphatic carbocycles. The van der Waals surface area contributed by atoms with Crippen molar-refractivity contribution < 1.29 is 17.6 Å². The van der Waals surface area contributed by atoms with Crippen molar-refractivity contribution >= 4 is 16.1 Å². The number of likely N-dealkylation sites (tertiary alicyclic amines) is 1. The standard InChI is InChI=1S/C18H28FN3O3S/c1-21(2)26(24,25)20-13-12-17-5-3-4-14-22(17)18(23)11-8-15-6-9-16(19)10-7-15/h6-7,9-10,17,20H,3-5,8,11-14H2,1-2H3/t17-/m0/s1. The SMILES string of the molecule is CN(C)S(=O)(=O)NCC[C@@H]1CCCCN1C(=O)CCc1ccc(F)cc1. The summed E-state index contributed by atoms with van der Waals surface area (Å²) in [7, 11) is -0.477. The van der Waals surface area contributed by atoms with Crippen LogP contribution < -0.4 is 4.72 Å². The van der Waals surface area contributed by atoms with Gasteiger partial charge in [0.05, 0.1) is 0 Å². The predicted molar refractivity (Wildman–Crippen MR) is 99.3 cm³/mol. The highest BCUT2D eigenvalue weighted by atomic mass is 32.2. The van der Waals surface area contributed by atoms with Crippen LogP contribution >= 0.6 is 0 Å². The van der Waals surface area contributed by atoms with E-state index in [4.69, 9.17) is 0 Å². The summed E-state index contributed by atoms with van der Waals surface area (Å²) in [6.45, 7) is 1.03. The Hall–Kier alpha value is -1.51. The van der Waals surface area contributed by atoms with Gasteiger partial charge in [0, 0.05) is 39.6 Å². The first kappa shape index (κ1) is 20.8. The number of carbonyl (C=O) groups is 1. The smallest absolute Gasteiger partial charge is 0.278 e. The number of hydrogen-bond donors (Lipinski definition) is 1. The van der Waals surface area contributed by atoms with Crippen molar-refractivity contribution in [3.63, 3.8) is 0 Å². The van der Waals surface area contributed by atoms with Crippen molar-refractivity contribution in [2.24, 2.45) is 0 Å². The van der Waals surface area contributed by atoms with Gasteiger partial charge in [-0.2, -0.15) is 12.7 Å². The highest BCUT2D eigenvalue weighted by molar-refractivity contribution is 7.87. The van der Waals surface area contributed by atoms with Crippen molar-refractivity contribution in [3.05, 3.63) is 35.6 Å². The topological polar surface area (TPSA) is 69.7 Å². The first-order chi connectivity index (χ1) is 12.3. The lowest BCUT2D eigenvalue weighted by Gasteiger charge is -2.36. The molecule has 1 aliphatic rings. The van der Waals surface area contributed by atoms with E-state index >= 15 is 0 Å². The van der Waals surface area contributed by atoms with Gasteiger partial charge < -0.3 is 4.90 Å². The molecule has 26 heavy (non-hydrogen) atoms. The zero-order valence-corrected chi connectivity index (χ0v) is 16.3. The van der Waals surface area contributed by atoms with Crippen LogP contribution in [0.2, 0.25) is 0 Å². The van der Waals surface area contributed by atoms with Crippen LogP contribution in [0.25, 0.3) is 0 Å². The second kappa shape index (κ2) is 9.43. The molecule has 1 saturated heterocycles. The van der Waals surface area contributed by atoms with Gasteiger partial charge in [0.2, 0.25) is 5.91 Å². The fraction of sp³-hybridized carbons (Fsp3) is 0.611. The Morgan fingerprint density at radius 2 is 1.96 bits per heavy atom. The van der Waals surface area contributed by atoms with Crippen LogP contribution in [0.5, 0.6) is 0 Å². The van der Waals surface area contributed by atoms with E-state index in [9.17, 15) is 17.6 Å². The minimum Gasteiger partial charge on any atom is -0.340 e. The van der Waals surface area contributed by atoms with Crippen molar-refractivity contribution in [1.82, 2.24) is 13.9 Å². The third kappa shape index (κ3) is 6.03. The maximum absolute atomic E-state index is 13.0. The molecule has 1 fully saturated rings. The van der Waals surface area contributed by atoms with E-state index in [1.807, 2.05) is 4.90 Å². The van der Waals surface area contributed by atoms with Crippen LogP contribution in [-0.4, -0.2) is 56.8 Å². The molecule has 146 valence electrons. The van der Waals surface area contributed by atoms with E-state index in [1.54, 1.807) is 12.1 Å². The van der Waals surface area contributed by atoms with Gasteiger partial charge in [-0.15, -0.1) is 0 Å². The van der Waals surface area contributed by atoms with Crippen LogP contribution in [-0.2, 0) is 21.4 Å². The van der Waals surface area contributed by atoms with Gasteiger partial charge in [-0.3, -0.25) is 4.79 Å². The molecule has 8 heteroatoms. The molecule has 1 heterocycles. The maximum Gasteiger partial charge on any atom is 0.278 e. The summed E-state index contributed by atoms with van der Waals surface area (Å²) in [6, 6.07) is 6.27. The lowest BCUT2D eigenvalue weighted by Crippen LogP contribution is -2.46. The lowest BCUT2D eigenvalue weighted by atomic mass is 9.98. The normalized spacial score (nSPS) is 18.3. The molecule has 1 amide bonds. The quantitative estimate of drug-likeness (QED) is 0.743. The van der Waals surface area contributed by atoms with Gasteiger partial charge in [-0.25, -0.2) is 9.11 Å². The zero-order valence-electron chi connectivity index (χ0n) is 15.4. The number of nitrogens with zero attached hydrogens (tertiary/aromatic N) is 2. The zero-order chi connectivity index (χ0) is 19.2. The summed E-state index contributed by atoms with van der Waals surface area (Å²) in [5, 5.41) is 0. The number of rotatable bonds is 8. The largest absolute Gasteiger partial charge is 0.340 e. The highest BCUT2D eigenvalue weighted by Gasteiger charge is 2.26. The van der Waals surface area contributed by atoms with E-state index in [0.717, 1.165) is 29.1 Å². The molecule has 0 spiro atoms. The Labute approximate surface area is 155 Å². The van der Waals surface area contributed by atoms with Crippen LogP contribution in [0.4, 0.5) is 4.39 Å². The van der Waals surface area contributed by atoms with Crippen LogP contribution in [0.15, 0.2) is 24.3 Å². The van der Waals surface area contributed by atoms with Crippen molar-refractivity contribution in [2.75, 3.05) is 27.2 Å². The number of carbonyl (C=O) groups excluding carboxylic acids is 1. The Kier molecular flexibility index (Phi) is 7.55. The predicted octanol–water partition coefficient (Wildman–Crippen LogP) is 1.93. The Balaban J connectivity index is 1.86. The van der Waals surface area contributed by atoms with Crippen molar-refractivity contribution in [3.8, 4) is 0 Å². The van der Waals surface area contributed by atoms with E-state index in [0.29, 0.717) is 32.4 Å². The van der Waals surface area contributed by atoms with Gasteiger partial charge >= 0.3 is 0 Å². The molecule has 1 aromatic carbocycles. The average molecular weight is 386 g/mol. The first-order valence-corrected chi connectivity index (χ1v) is 10.4. The number of piperidine rings is 1. The van der Waals surface area contributed by atoms with Crippen LogP contribution in [0, 0.1) is 5.82 Å². The Morgan fingerprint density at radius 1 is 1.27 bits per heavy atom. The fourth-order valence-electron chi connectivity index (χ4n) is 3.16. The Morgan fingerprint density at radius 3 is 2.62 bits per heavy atom. The monoisotopic (exact) mass is 385 g/mol. The molecule has 2 rings (SSSR count). The molecule has 0 bridgehead atoms. The van der Waals surface area contributed by atoms with Gasteiger partial charge in [0.1, 0.15) is 5.82 Å². The molecule has 0 saturated carbocycles. The van der Waals surface area contributed by atoms with E-state index in [-0.39, 0.29) is 17.8 Å². The first-order valence-electron chi connectivity index (χ1n) is 9.00.